The maximum atomic E-state index is 5.39. The topological polar surface area (TPSA) is 9.23 Å². The van der Waals surface area contributed by atoms with Gasteiger partial charge in [0, 0.05) is 5.56 Å². The van der Waals surface area contributed by atoms with Gasteiger partial charge in [-0.15, -0.1) is 17.5 Å². The van der Waals surface area contributed by atoms with Crippen LogP contribution in [-0.4, -0.2) is 15.9 Å². The van der Waals surface area contributed by atoms with E-state index in [1.54, 1.807) is 7.11 Å². The summed E-state index contributed by atoms with van der Waals surface area (Å²) in [5.41, 5.74) is 8.79. The van der Waals surface area contributed by atoms with E-state index in [9.17, 15) is 0 Å². The molecule has 0 aliphatic rings. The van der Waals surface area contributed by atoms with Gasteiger partial charge in [-0.1, -0.05) is 17.7 Å². The lowest BCUT2D eigenvalue weighted by molar-refractivity contribution is 0.415. The van der Waals surface area contributed by atoms with Crippen LogP contribution in [0.5, 0.6) is 5.75 Å². The van der Waals surface area contributed by atoms with Crippen LogP contribution in [-0.2, 0) is 0 Å². The van der Waals surface area contributed by atoms with Gasteiger partial charge in [-0.05, 0) is 31.2 Å². The van der Waals surface area contributed by atoms with Gasteiger partial charge < -0.3 is 4.74 Å². The zero-order valence-corrected chi connectivity index (χ0v) is 10.4. The van der Waals surface area contributed by atoms with Crippen molar-refractivity contribution >= 4 is 8.80 Å². The summed E-state index contributed by atoms with van der Waals surface area (Å²) in [6.45, 7) is 1.96. The third kappa shape index (κ3) is 3.69. The Kier molecular flexibility index (Phi) is 4.99. The standard InChI is InChI=1S/C14H13OSi/c1-4-11-16(5-2)12-10-13-6-8-14(15-3)9-7-13/h2,4,6-9,11H,1,3H3. The second-order valence-corrected chi connectivity index (χ2v) is 4.74. The van der Waals surface area contributed by atoms with Crippen LogP contribution in [0.25, 0.3) is 0 Å². The van der Waals surface area contributed by atoms with Crippen molar-refractivity contribution in [3.8, 4) is 29.2 Å². The summed E-state index contributed by atoms with van der Waals surface area (Å²) in [6, 6.07) is 7.64. The van der Waals surface area contributed by atoms with E-state index in [0.717, 1.165) is 11.3 Å². The van der Waals surface area contributed by atoms with E-state index in [2.05, 4.69) is 17.0 Å². The fourth-order valence-corrected chi connectivity index (χ4v) is 1.97. The van der Waals surface area contributed by atoms with Crippen LogP contribution in [0.15, 0.2) is 36.0 Å². The summed E-state index contributed by atoms with van der Waals surface area (Å²) in [4.78, 5) is 0. The molecule has 0 saturated heterocycles. The van der Waals surface area contributed by atoms with Crippen LogP contribution < -0.4 is 4.74 Å². The number of benzene rings is 1. The van der Waals surface area contributed by atoms with Crippen molar-refractivity contribution in [2.24, 2.45) is 0 Å². The molecular formula is C14H13OSi. The number of ether oxygens (including phenoxy) is 1. The maximum absolute atomic E-state index is 5.39. The normalized spacial score (nSPS) is 9.62. The van der Waals surface area contributed by atoms with E-state index in [-0.39, 0.29) is 0 Å². The predicted octanol–water partition coefficient (Wildman–Crippen LogP) is 2.37. The van der Waals surface area contributed by atoms with Crippen LogP contribution in [0.1, 0.15) is 12.5 Å². The Bertz CT molecular complexity index is 454. The highest BCUT2D eigenvalue weighted by Gasteiger charge is 1.96. The van der Waals surface area contributed by atoms with Crippen molar-refractivity contribution in [2.75, 3.05) is 7.11 Å². The molecule has 0 unspecified atom stereocenters. The van der Waals surface area contributed by atoms with Crippen molar-refractivity contribution in [3.05, 3.63) is 41.6 Å². The lowest BCUT2D eigenvalue weighted by atomic mass is 10.2. The van der Waals surface area contributed by atoms with Crippen LogP contribution >= 0.6 is 0 Å². The van der Waals surface area contributed by atoms with Gasteiger partial charge in [0.25, 0.3) is 8.80 Å². The third-order valence-corrected chi connectivity index (χ3v) is 3.29. The van der Waals surface area contributed by atoms with Gasteiger partial charge in [0.2, 0.25) is 0 Å². The molecule has 0 atom stereocenters. The Morgan fingerprint density at radius 1 is 1.31 bits per heavy atom. The predicted molar refractivity (Wildman–Crippen MR) is 69.3 cm³/mol. The molecule has 0 heterocycles. The molecule has 1 aromatic carbocycles. The Morgan fingerprint density at radius 2 is 2.00 bits per heavy atom. The largest absolute Gasteiger partial charge is 0.497 e. The quantitative estimate of drug-likeness (QED) is 0.554. The molecule has 1 nitrogen and oxygen atoms in total. The SMILES string of the molecule is C#C[Si](C#Cc1ccc(OC)cc1)C=CC. The van der Waals surface area contributed by atoms with Crippen molar-refractivity contribution in [3.63, 3.8) is 0 Å². The summed E-state index contributed by atoms with van der Waals surface area (Å²) >= 11 is 0. The van der Waals surface area contributed by atoms with Gasteiger partial charge in [-0.3, -0.25) is 0 Å². The number of hydrogen-bond donors (Lipinski definition) is 0. The average Bonchev–Trinajstić information content (AvgIpc) is 2.35. The summed E-state index contributed by atoms with van der Waals surface area (Å²) < 4.78 is 5.07. The highest BCUT2D eigenvalue weighted by atomic mass is 28.3. The van der Waals surface area contributed by atoms with Crippen molar-refractivity contribution < 1.29 is 4.74 Å². The van der Waals surface area contributed by atoms with E-state index >= 15 is 0 Å². The number of allylic oxidation sites excluding steroid dienone is 1. The summed E-state index contributed by atoms with van der Waals surface area (Å²) in [6.07, 6.45) is 7.35. The number of terminal acetylenes is 1. The van der Waals surface area contributed by atoms with Crippen LogP contribution in [0.3, 0.4) is 0 Å². The Hall–Kier alpha value is -1.90. The smallest absolute Gasteiger partial charge is 0.259 e. The molecule has 0 amide bonds. The highest BCUT2D eigenvalue weighted by molar-refractivity contribution is 6.79. The fraction of sp³-hybridized carbons (Fsp3) is 0.143. The molecule has 0 spiro atoms. The number of hydrogen-bond acceptors (Lipinski definition) is 1. The first kappa shape index (κ1) is 12.2. The maximum Gasteiger partial charge on any atom is 0.259 e. The monoisotopic (exact) mass is 225 g/mol. The fourth-order valence-electron chi connectivity index (χ4n) is 1.11. The second-order valence-electron chi connectivity index (χ2n) is 3.04. The van der Waals surface area contributed by atoms with Crippen LogP contribution in [0, 0.1) is 23.4 Å². The first-order valence-electron chi connectivity index (χ1n) is 4.92. The van der Waals surface area contributed by atoms with Gasteiger partial charge in [-0.25, -0.2) is 0 Å². The van der Waals surface area contributed by atoms with E-state index in [1.807, 2.05) is 43.0 Å². The van der Waals surface area contributed by atoms with Crippen molar-refractivity contribution in [1.82, 2.24) is 0 Å². The Morgan fingerprint density at radius 3 is 2.50 bits per heavy atom. The lowest BCUT2D eigenvalue weighted by Crippen LogP contribution is -2.02. The molecule has 0 fully saturated rings. The third-order valence-electron chi connectivity index (χ3n) is 1.92. The highest BCUT2D eigenvalue weighted by Crippen LogP contribution is 2.10. The van der Waals surface area contributed by atoms with Gasteiger partial charge in [0.1, 0.15) is 5.75 Å². The zero-order valence-electron chi connectivity index (χ0n) is 9.45. The first-order chi connectivity index (χ1) is 7.80. The summed E-state index contributed by atoms with van der Waals surface area (Å²) in [5, 5.41) is 0. The van der Waals surface area contributed by atoms with E-state index in [4.69, 9.17) is 11.2 Å². The molecular weight excluding hydrogens is 212 g/mol. The van der Waals surface area contributed by atoms with Crippen molar-refractivity contribution in [1.29, 1.82) is 0 Å². The van der Waals surface area contributed by atoms with E-state index in [1.165, 1.54) is 0 Å². The van der Waals surface area contributed by atoms with Gasteiger partial charge >= 0.3 is 0 Å². The van der Waals surface area contributed by atoms with Crippen molar-refractivity contribution in [2.45, 2.75) is 6.92 Å². The molecule has 0 aliphatic heterocycles. The summed E-state index contributed by atoms with van der Waals surface area (Å²) in [7, 11) is 0.552. The zero-order chi connectivity index (χ0) is 11.8. The van der Waals surface area contributed by atoms with Crippen LogP contribution in [0.2, 0.25) is 0 Å². The molecule has 1 rings (SSSR count). The van der Waals surface area contributed by atoms with Gasteiger partial charge in [0.05, 0.1) is 7.11 Å². The molecule has 2 heteroatoms. The minimum atomic E-state index is -1.09. The number of methoxy groups -OCH3 is 1. The molecule has 0 aliphatic carbocycles. The minimum absolute atomic E-state index is 0.835. The summed E-state index contributed by atoms with van der Waals surface area (Å²) in [5.74, 6) is 3.91. The second kappa shape index (κ2) is 6.56. The molecule has 1 aromatic rings. The van der Waals surface area contributed by atoms with Crippen LogP contribution in [0.4, 0.5) is 0 Å². The molecule has 79 valence electrons. The molecule has 1 radical (unpaired) electrons. The molecule has 0 saturated carbocycles. The average molecular weight is 225 g/mol. The molecule has 0 aromatic heterocycles. The minimum Gasteiger partial charge on any atom is -0.497 e. The Balaban J connectivity index is 2.80. The molecule has 16 heavy (non-hydrogen) atoms. The van der Waals surface area contributed by atoms with E-state index in [0.29, 0.717) is 0 Å². The van der Waals surface area contributed by atoms with E-state index < -0.39 is 8.80 Å². The van der Waals surface area contributed by atoms with Gasteiger partial charge in [0.15, 0.2) is 0 Å². The lowest BCUT2D eigenvalue weighted by Gasteiger charge is -1.97. The van der Waals surface area contributed by atoms with Gasteiger partial charge in [-0.2, -0.15) is 0 Å². The molecule has 0 bridgehead atoms. The Labute approximate surface area is 98.8 Å². The first-order valence-corrected chi connectivity index (χ1v) is 6.50. The molecule has 0 N–H and O–H groups in total. The number of rotatable bonds is 2.